The molecule has 0 unspecified atom stereocenters. The van der Waals surface area contributed by atoms with Crippen molar-refractivity contribution >= 4 is 11.6 Å². The molecule has 1 fully saturated rings. The lowest BCUT2D eigenvalue weighted by Gasteiger charge is -2.36. The highest BCUT2D eigenvalue weighted by Crippen LogP contribution is 2.36. The van der Waals surface area contributed by atoms with Crippen LogP contribution in [-0.4, -0.2) is 65.0 Å². The summed E-state index contributed by atoms with van der Waals surface area (Å²) in [7, 11) is 1.40. The maximum absolute atomic E-state index is 13.0. The van der Waals surface area contributed by atoms with E-state index < -0.39 is 23.0 Å². The Balaban J connectivity index is 2.39. The zero-order valence-corrected chi connectivity index (χ0v) is 15.6. The van der Waals surface area contributed by atoms with E-state index in [9.17, 15) is 25.1 Å². The number of unbranched alkanes of at least 4 members (excludes halogenated alkanes) is 1. The largest absolute Gasteiger partial charge is 0.493 e. The van der Waals surface area contributed by atoms with E-state index in [1.54, 1.807) is 0 Å². The van der Waals surface area contributed by atoms with Crippen LogP contribution in [0.5, 0.6) is 11.5 Å². The number of nitro groups is 1. The highest BCUT2D eigenvalue weighted by molar-refractivity contribution is 5.99. The van der Waals surface area contributed by atoms with E-state index in [2.05, 4.69) is 0 Å². The lowest BCUT2D eigenvalue weighted by molar-refractivity contribution is -0.385. The molecule has 0 aromatic heterocycles. The number of nitro benzene ring substituents is 1. The van der Waals surface area contributed by atoms with Gasteiger partial charge in [-0.15, -0.1) is 0 Å². The number of hydrogen-bond acceptors (Lipinski definition) is 7. The van der Waals surface area contributed by atoms with Crippen LogP contribution < -0.4 is 9.47 Å². The summed E-state index contributed by atoms with van der Waals surface area (Å²) >= 11 is 0. The maximum atomic E-state index is 13.0. The lowest BCUT2D eigenvalue weighted by Crippen LogP contribution is -2.49. The lowest BCUT2D eigenvalue weighted by atomic mass is 9.98. The Labute approximate surface area is 157 Å². The second-order valence-electron chi connectivity index (χ2n) is 6.49. The number of hydrogen-bond donors (Lipinski definition) is 2. The molecular weight excluding hydrogens is 356 g/mol. The van der Waals surface area contributed by atoms with Gasteiger partial charge in [0, 0.05) is 12.6 Å². The summed E-state index contributed by atoms with van der Waals surface area (Å²) in [4.78, 5) is 25.3. The summed E-state index contributed by atoms with van der Waals surface area (Å²) in [5.41, 5.74) is -0.510. The van der Waals surface area contributed by atoms with Crippen molar-refractivity contribution in [2.45, 2.75) is 44.8 Å². The van der Waals surface area contributed by atoms with Gasteiger partial charge in [0.2, 0.25) is 0 Å². The van der Waals surface area contributed by atoms with Crippen molar-refractivity contribution in [1.82, 2.24) is 4.90 Å². The average Bonchev–Trinajstić information content (AvgIpc) is 2.66. The van der Waals surface area contributed by atoms with Gasteiger partial charge in [-0.05, 0) is 19.3 Å². The predicted octanol–water partition coefficient (Wildman–Crippen LogP) is 1.74. The molecular formula is C18H26N2O7. The Morgan fingerprint density at radius 1 is 1.41 bits per heavy atom. The van der Waals surface area contributed by atoms with E-state index in [-0.39, 0.29) is 42.3 Å². The highest BCUT2D eigenvalue weighted by Gasteiger charge is 2.35. The Kier molecular flexibility index (Phi) is 7.37. The molecule has 0 bridgehead atoms. The number of carbonyl (C=O) groups excluding carboxylic acids is 1. The van der Waals surface area contributed by atoms with E-state index in [1.165, 1.54) is 24.1 Å². The van der Waals surface area contributed by atoms with Crippen molar-refractivity contribution in [3.05, 3.63) is 27.8 Å². The molecule has 1 aliphatic heterocycles. The van der Waals surface area contributed by atoms with Crippen LogP contribution in [-0.2, 0) is 0 Å². The first-order valence-corrected chi connectivity index (χ1v) is 9.02. The molecule has 2 atom stereocenters. The molecule has 1 aliphatic rings. The van der Waals surface area contributed by atoms with Crippen LogP contribution in [0.2, 0.25) is 0 Å². The minimum absolute atomic E-state index is 0.130. The quantitative estimate of drug-likeness (QED) is 0.399. The zero-order valence-electron chi connectivity index (χ0n) is 15.6. The van der Waals surface area contributed by atoms with E-state index in [1.807, 2.05) is 6.92 Å². The summed E-state index contributed by atoms with van der Waals surface area (Å²) in [6.07, 6.45) is 1.66. The van der Waals surface area contributed by atoms with Crippen molar-refractivity contribution in [3.63, 3.8) is 0 Å². The van der Waals surface area contributed by atoms with Gasteiger partial charge in [-0.1, -0.05) is 13.3 Å². The third-order valence-electron chi connectivity index (χ3n) is 4.62. The number of likely N-dealkylation sites (tertiary alicyclic amines) is 1. The zero-order chi connectivity index (χ0) is 20.0. The van der Waals surface area contributed by atoms with Gasteiger partial charge in [-0.3, -0.25) is 14.9 Å². The third kappa shape index (κ3) is 4.86. The van der Waals surface area contributed by atoms with E-state index in [0.717, 1.165) is 12.8 Å². The first-order valence-electron chi connectivity index (χ1n) is 9.02. The first-order chi connectivity index (χ1) is 12.9. The highest BCUT2D eigenvalue weighted by atomic mass is 16.6. The van der Waals surface area contributed by atoms with Gasteiger partial charge in [0.1, 0.15) is 5.56 Å². The molecule has 9 heteroatoms. The van der Waals surface area contributed by atoms with E-state index in [4.69, 9.17) is 9.47 Å². The van der Waals surface area contributed by atoms with Gasteiger partial charge in [-0.25, -0.2) is 0 Å². The molecule has 2 N–H and O–H groups in total. The molecule has 1 aromatic carbocycles. The number of rotatable bonds is 8. The number of carbonyl (C=O) groups is 1. The van der Waals surface area contributed by atoms with Crippen molar-refractivity contribution in [2.75, 3.05) is 26.9 Å². The number of amides is 1. The van der Waals surface area contributed by atoms with E-state index in [0.29, 0.717) is 13.0 Å². The monoisotopic (exact) mass is 382 g/mol. The minimum Gasteiger partial charge on any atom is -0.493 e. The molecule has 0 radical (unpaired) electrons. The normalized spacial score (nSPS) is 19.6. The fraction of sp³-hybridized carbons (Fsp3) is 0.611. The third-order valence-corrected chi connectivity index (χ3v) is 4.62. The summed E-state index contributed by atoms with van der Waals surface area (Å²) in [5, 5.41) is 30.8. The number of nitrogens with zero attached hydrogens (tertiary/aromatic N) is 2. The number of aliphatic hydroxyl groups excluding tert-OH is 2. The topological polar surface area (TPSA) is 122 Å². The molecule has 0 saturated carbocycles. The van der Waals surface area contributed by atoms with Gasteiger partial charge in [-0.2, -0.15) is 0 Å². The van der Waals surface area contributed by atoms with Crippen molar-refractivity contribution < 1.29 is 29.4 Å². The van der Waals surface area contributed by atoms with Crippen LogP contribution >= 0.6 is 0 Å². The van der Waals surface area contributed by atoms with Crippen LogP contribution in [0, 0.1) is 10.1 Å². The van der Waals surface area contributed by atoms with Crippen LogP contribution in [0.3, 0.4) is 0 Å². The van der Waals surface area contributed by atoms with Crippen molar-refractivity contribution in [1.29, 1.82) is 0 Å². The fourth-order valence-corrected chi connectivity index (χ4v) is 3.10. The minimum atomic E-state index is -0.633. The molecule has 9 nitrogen and oxygen atoms in total. The number of aliphatic hydroxyl groups is 2. The number of methoxy groups -OCH3 is 1. The fourth-order valence-electron chi connectivity index (χ4n) is 3.10. The Morgan fingerprint density at radius 2 is 2.15 bits per heavy atom. The van der Waals surface area contributed by atoms with Crippen LogP contribution in [0.15, 0.2) is 12.1 Å². The van der Waals surface area contributed by atoms with Gasteiger partial charge >= 0.3 is 0 Å². The molecule has 27 heavy (non-hydrogen) atoms. The number of benzene rings is 1. The standard InChI is InChI=1S/C18H26N2O7/c1-3-4-7-27-17-10-15(20(24)25)14(9-16(17)26-2)18(23)19-6-5-13(22)8-12(19)11-21/h9-10,12-13,21-22H,3-8,11H2,1-2H3/t12-,13-/m0/s1. The van der Waals surface area contributed by atoms with Crippen molar-refractivity contribution in [2.24, 2.45) is 0 Å². The van der Waals surface area contributed by atoms with Crippen LogP contribution in [0.1, 0.15) is 43.0 Å². The molecule has 1 aromatic rings. The van der Waals surface area contributed by atoms with Gasteiger partial charge in [0.25, 0.3) is 11.6 Å². The first kappa shape index (κ1) is 20.9. The Bertz CT molecular complexity index is 680. The second kappa shape index (κ2) is 9.52. The predicted molar refractivity (Wildman–Crippen MR) is 97.2 cm³/mol. The van der Waals surface area contributed by atoms with E-state index >= 15 is 0 Å². The Hall–Kier alpha value is -2.39. The molecule has 0 spiro atoms. The number of piperidine rings is 1. The summed E-state index contributed by atoms with van der Waals surface area (Å²) in [5.74, 6) is -0.134. The van der Waals surface area contributed by atoms with Gasteiger partial charge < -0.3 is 24.6 Å². The summed E-state index contributed by atoms with van der Waals surface area (Å²) < 4.78 is 10.8. The molecule has 150 valence electrons. The number of ether oxygens (including phenoxy) is 2. The van der Waals surface area contributed by atoms with Crippen LogP contribution in [0.25, 0.3) is 0 Å². The molecule has 2 rings (SSSR count). The molecule has 1 amide bonds. The smallest absolute Gasteiger partial charge is 0.286 e. The SMILES string of the molecule is CCCCOc1cc([N+](=O)[O-])c(C(=O)N2CC[C@H](O)C[C@H]2CO)cc1OC. The molecule has 0 aliphatic carbocycles. The van der Waals surface area contributed by atoms with Crippen molar-refractivity contribution in [3.8, 4) is 11.5 Å². The summed E-state index contributed by atoms with van der Waals surface area (Å²) in [6, 6.07) is 1.92. The van der Waals surface area contributed by atoms with Gasteiger partial charge in [0.15, 0.2) is 11.5 Å². The Morgan fingerprint density at radius 3 is 2.74 bits per heavy atom. The second-order valence-corrected chi connectivity index (χ2v) is 6.49. The molecule has 1 saturated heterocycles. The molecule has 1 heterocycles. The van der Waals surface area contributed by atoms with Gasteiger partial charge in [0.05, 0.1) is 43.5 Å². The van der Waals surface area contributed by atoms with Crippen LogP contribution in [0.4, 0.5) is 5.69 Å². The average molecular weight is 382 g/mol. The maximum Gasteiger partial charge on any atom is 0.286 e. The summed E-state index contributed by atoms with van der Waals surface area (Å²) in [6.45, 7) is 2.26.